The van der Waals surface area contributed by atoms with Gasteiger partial charge in [0.15, 0.2) is 0 Å². The third-order valence-electron chi connectivity index (χ3n) is 2.89. The Kier molecular flexibility index (Phi) is 5.26. The zero-order valence-corrected chi connectivity index (χ0v) is 12.7. The molecule has 3 N–H and O–H groups in total. The number of nitrogens with zero attached hydrogens (tertiary/aromatic N) is 1. The van der Waals surface area contributed by atoms with Gasteiger partial charge in [-0.2, -0.15) is 0 Å². The van der Waals surface area contributed by atoms with Crippen LogP contribution in [0.4, 0.5) is 0 Å². The predicted octanol–water partition coefficient (Wildman–Crippen LogP) is 1.49. The first-order valence-corrected chi connectivity index (χ1v) is 7.11. The van der Waals surface area contributed by atoms with E-state index in [9.17, 15) is 4.79 Å². The predicted molar refractivity (Wildman–Crippen MR) is 80.3 cm³/mol. The van der Waals surface area contributed by atoms with Crippen LogP contribution in [0.25, 0.3) is 0 Å². The number of hydrogen-bond acceptors (Lipinski definition) is 6. The van der Waals surface area contributed by atoms with Crippen LogP contribution in [0.2, 0.25) is 0 Å². The number of nitrogens with two attached hydrogens (primary N) is 1. The summed E-state index contributed by atoms with van der Waals surface area (Å²) in [5.74, 6) is 5.64. The van der Waals surface area contributed by atoms with Crippen LogP contribution in [0, 0.1) is 0 Å². The van der Waals surface area contributed by atoms with Crippen molar-refractivity contribution in [1.82, 2.24) is 10.4 Å². The van der Waals surface area contributed by atoms with Crippen LogP contribution in [0.1, 0.15) is 25.9 Å². The van der Waals surface area contributed by atoms with Gasteiger partial charge in [-0.25, -0.2) is 10.8 Å². The number of methoxy groups -OCH3 is 2. The summed E-state index contributed by atoms with van der Waals surface area (Å²) in [4.78, 5) is 16.7. The van der Waals surface area contributed by atoms with E-state index in [1.165, 1.54) is 11.3 Å². The quantitative estimate of drug-likeness (QED) is 0.480. The minimum Gasteiger partial charge on any atom is -0.496 e. The van der Waals surface area contributed by atoms with Crippen molar-refractivity contribution in [2.75, 3.05) is 14.2 Å². The van der Waals surface area contributed by atoms with Gasteiger partial charge in [0.25, 0.3) is 5.91 Å². The Bertz CT molecular complexity index is 628. The number of carbonyl (C=O) groups is 1. The maximum Gasteiger partial charge on any atom is 0.277 e. The Morgan fingerprint density at radius 1 is 1.38 bits per heavy atom. The number of benzene rings is 1. The number of ether oxygens (including phenoxy) is 2. The highest BCUT2D eigenvalue weighted by atomic mass is 32.1. The Balaban J connectivity index is 2.30. The zero-order valence-electron chi connectivity index (χ0n) is 11.9. The number of nitrogens with one attached hydrogen (secondary N) is 1. The highest BCUT2D eigenvalue weighted by molar-refractivity contribution is 7.13. The summed E-state index contributed by atoms with van der Waals surface area (Å²) in [7, 11) is 3.19. The maximum absolute atomic E-state index is 11.8. The molecule has 0 saturated heterocycles. The average molecular weight is 307 g/mol. The van der Waals surface area contributed by atoms with Gasteiger partial charge in [-0.1, -0.05) is 18.2 Å². The van der Waals surface area contributed by atoms with E-state index in [0.29, 0.717) is 17.0 Å². The molecule has 1 amide bonds. The van der Waals surface area contributed by atoms with Gasteiger partial charge in [0.2, 0.25) is 0 Å². The topological polar surface area (TPSA) is 86.5 Å². The molecule has 21 heavy (non-hydrogen) atoms. The SMILES string of the molecule is COCc1nc(Cc2ccccc2OC)sc1C(=O)NN. The van der Waals surface area contributed by atoms with Gasteiger partial charge in [-0.05, 0) is 6.07 Å². The highest BCUT2D eigenvalue weighted by Gasteiger charge is 2.18. The average Bonchev–Trinajstić information content (AvgIpc) is 2.90. The molecule has 0 unspecified atom stereocenters. The number of rotatable bonds is 6. The summed E-state index contributed by atoms with van der Waals surface area (Å²) < 4.78 is 10.4. The minimum atomic E-state index is -0.356. The van der Waals surface area contributed by atoms with E-state index in [1.807, 2.05) is 24.3 Å². The monoisotopic (exact) mass is 307 g/mol. The van der Waals surface area contributed by atoms with Crippen LogP contribution in [-0.2, 0) is 17.8 Å². The maximum atomic E-state index is 11.8. The number of thiazole rings is 1. The van der Waals surface area contributed by atoms with Crippen LogP contribution in [0.15, 0.2) is 24.3 Å². The second-order valence-corrected chi connectivity index (χ2v) is 5.36. The molecule has 1 heterocycles. The van der Waals surface area contributed by atoms with Gasteiger partial charge in [0, 0.05) is 19.1 Å². The summed E-state index contributed by atoms with van der Waals surface area (Å²) in [6.45, 7) is 0.269. The lowest BCUT2D eigenvalue weighted by Crippen LogP contribution is -2.30. The first-order valence-electron chi connectivity index (χ1n) is 6.30. The molecule has 1 aromatic heterocycles. The Labute approximate surface area is 126 Å². The van der Waals surface area contributed by atoms with Gasteiger partial charge in [0.05, 0.1) is 24.4 Å². The lowest BCUT2D eigenvalue weighted by atomic mass is 10.1. The molecule has 0 atom stereocenters. The molecule has 0 spiro atoms. The molecule has 0 aliphatic rings. The van der Waals surface area contributed by atoms with Crippen LogP contribution < -0.4 is 16.0 Å². The van der Waals surface area contributed by atoms with E-state index in [0.717, 1.165) is 16.3 Å². The van der Waals surface area contributed by atoms with Crippen molar-refractivity contribution < 1.29 is 14.3 Å². The Hall–Kier alpha value is -1.96. The van der Waals surface area contributed by atoms with Crippen molar-refractivity contribution >= 4 is 17.2 Å². The molecule has 0 fully saturated rings. The third kappa shape index (κ3) is 3.57. The van der Waals surface area contributed by atoms with E-state index in [1.54, 1.807) is 14.2 Å². The Morgan fingerprint density at radius 2 is 2.14 bits per heavy atom. The molecule has 7 heteroatoms. The smallest absolute Gasteiger partial charge is 0.277 e. The number of hydrazine groups is 1. The normalized spacial score (nSPS) is 10.4. The largest absolute Gasteiger partial charge is 0.496 e. The number of carbonyl (C=O) groups excluding carboxylic acids is 1. The van der Waals surface area contributed by atoms with E-state index >= 15 is 0 Å². The van der Waals surface area contributed by atoms with Crippen LogP contribution in [-0.4, -0.2) is 25.1 Å². The van der Waals surface area contributed by atoms with Crippen molar-refractivity contribution in [2.24, 2.45) is 5.84 Å². The molecule has 0 saturated carbocycles. The van der Waals surface area contributed by atoms with Crippen molar-refractivity contribution in [2.45, 2.75) is 13.0 Å². The molecular formula is C14H17N3O3S. The summed E-state index contributed by atoms with van der Waals surface area (Å²) >= 11 is 1.31. The van der Waals surface area contributed by atoms with Crippen LogP contribution in [0.3, 0.4) is 0 Å². The fourth-order valence-electron chi connectivity index (χ4n) is 1.97. The second-order valence-electron chi connectivity index (χ2n) is 4.28. The fourth-order valence-corrected chi connectivity index (χ4v) is 2.96. The molecule has 2 aromatic rings. The van der Waals surface area contributed by atoms with Crippen molar-refractivity contribution in [1.29, 1.82) is 0 Å². The van der Waals surface area contributed by atoms with Gasteiger partial charge >= 0.3 is 0 Å². The van der Waals surface area contributed by atoms with E-state index < -0.39 is 0 Å². The van der Waals surface area contributed by atoms with E-state index in [2.05, 4.69) is 10.4 Å². The summed E-state index contributed by atoms with van der Waals surface area (Å²) in [5.41, 5.74) is 3.74. The minimum absolute atomic E-state index is 0.269. The van der Waals surface area contributed by atoms with Gasteiger partial charge in [-0.15, -0.1) is 11.3 Å². The Morgan fingerprint density at radius 3 is 2.81 bits per heavy atom. The second kappa shape index (κ2) is 7.16. The molecule has 112 valence electrons. The number of amides is 1. The molecule has 2 rings (SSSR count). The van der Waals surface area contributed by atoms with Crippen molar-refractivity contribution in [3.05, 3.63) is 45.4 Å². The lowest BCUT2D eigenvalue weighted by Gasteiger charge is -2.05. The molecule has 0 bridgehead atoms. The number of aromatic nitrogens is 1. The number of hydrogen-bond donors (Lipinski definition) is 2. The lowest BCUT2D eigenvalue weighted by molar-refractivity contribution is 0.0952. The highest BCUT2D eigenvalue weighted by Crippen LogP contribution is 2.25. The summed E-state index contributed by atoms with van der Waals surface area (Å²) in [5, 5.41) is 0.810. The molecule has 0 aliphatic heterocycles. The van der Waals surface area contributed by atoms with E-state index in [4.69, 9.17) is 15.3 Å². The van der Waals surface area contributed by atoms with Crippen LogP contribution in [0.5, 0.6) is 5.75 Å². The standard InChI is InChI=1S/C14H17N3O3S/c1-19-8-10-13(14(18)17-15)21-12(16-10)7-9-5-3-4-6-11(9)20-2/h3-6H,7-8,15H2,1-2H3,(H,17,18). The van der Waals surface area contributed by atoms with Gasteiger partial charge in [-0.3, -0.25) is 10.2 Å². The molecule has 0 aliphatic carbocycles. The first-order chi connectivity index (χ1) is 10.2. The van der Waals surface area contributed by atoms with Gasteiger partial charge < -0.3 is 9.47 Å². The van der Waals surface area contributed by atoms with Crippen molar-refractivity contribution in [3.63, 3.8) is 0 Å². The summed E-state index contributed by atoms with van der Waals surface area (Å²) in [6, 6.07) is 7.72. The molecule has 6 nitrogen and oxygen atoms in total. The third-order valence-corrected chi connectivity index (χ3v) is 3.99. The van der Waals surface area contributed by atoms with E-state index in [-0.39, 0.29) is 12.5 Å². The fraction of sp³-hybridized carbons (Fsp3) is 0.286. The van der Waals surface area contributed by atoms with Crippen LogP contribution >= 0.6 is 11.3 Å². The number of nitrogen functional groups attached to an aromatic ring is 1. The summed E-state index contributed by atoms with van der Waals surface area (Å²) in [6.07, 6.45) is 0.587. The molecular weight excluding hydrogens is 290 g/mol. The first kappa shape index (κ1) is 15.4. The number of para-hydroxylation sites is 1. The van der Waals surface area contributed by atoms with Crippen molar-refractivity contribution in [3.8, 4) is 5.75 Å². The molecule has 1 aromatic carbocycles. The zero-order chi connectivity index (χ0) is 15.2. The van der Waals surface area contributed by atoms with Gasteiger partial charge in [0.1, 0.15) is 10.6 Å². The molecule has 0 radical (unpaired) electrons.